The van der Waals surface area contributed by atoms with Crippen LogP contribution in [0.15, 0.2) is 17.1 Å². The number of aromatic nitrogens is 2. The molecule has 2 rings (SSSR count). The Bertz CT molecular complexity index is 910. The lowest BCUT2D eigenvalue weighted by atomic mass is 10.1. The summed E-state index contributed by atoms with van der Waals surface area (Å²) in [5.41, 5.74) is 1.01. The summed E-state index contributed by atoms with van der Waals surface area (Å²) in [7, 11) is -0.915. The number of rotatable bonds is 11. The molecule has 2 heterocycles. The highest BCUT2D eigenvalue weighted by Crippen LogP contribution is 2.47. The van der Waals surface area contributed by atoms with Crippen LogP contribution in [0.5, 0.6) is 0 Å². The number of nitrogens with one attached hydrogen (secondary N) is 1. The van der Waals surface area contributed by atoms with Crippen LogP contribution in [0, 0.1) is 6.92 Å². The second kappa shape index (κ2) is 12.3. The van der Waals surface area contributed by atoms with E-state index in [-0.39, 0.29) is 35.4 Å². The van der Waals surface area contributed by atoms with Crippen molar-refractivity contribution in [2.75, 3.05) is 7.05 Å². The van der Waals surface area contributed by atoms with Crippen LogP contribution in [0.1, 0.15) is 79.7 Å². The lowest BCUT2D eigenvalue weighted by Crippen LogP contribution is -2.54. The van der Waals surface area contributed by atoms with Gasteiger partial charge in [-0.2, -0.15) is 4.98 Å². The zero-order valence-corrected chi connectivity index (χ0v) is 23.7. The maximum absolute atomic E-state index is 12.8. The molecule has 1 amide bonds. The number of aryl methyl sites for hydroxylation is 1. The molecule has 198 valence electrons. The third kappa shape index (κ3) is 6.40. The Labute approximate surface area is 210 Å². The van der Waals surface area contributed by atoms with Crippen molar-refractivity contribution in [1.29, 1.82) is 0 Å². The summed E-state index contributed by atoms with van der Waals surface area (Å²) in [5, 5.41) is 2.51. The normalized spacial score (nSPS) is 22.7. The third-order valence-corrected chi connectivity index (χ3v) is 13.2. The van der Waals surface area contributed by atoms with Crippen molar-refractivity contribution in [3.63, 3.8) is 0 Å². The number of carbonyl (C=O) groups is 2. The Morgan fingerprint density at radius 3 is 2.20 bits per heavy atom. The second-order valence-electron chi connectivity index (χ2n) is 10.3. The van der Waals surface area contributed by atoms with E-state index in [0.29, 0.717) is 12.1 Å². The van der Waals surface area contributed by atoms with Gasteiger partial charge in [0, 0.05) is 25.4 Å². The molecule has 4 atom stereocenters. The van der Waals surface area contributed by atoms with Crippen LogP contribution in [-0.4, -0.2) is 55.1 Å². The number of amides is 1. The minimum Gasteiger partial charge on any atom is -0.457 e. The molecule has 0 bridgehead atoms. The molecule has 1 saturated heterocycles. The number of hydrogen-bond acceptors (Lipinski definition) is 7. The van der Waals surface area contributed by atoms with Gasteiger partial charge in [0.2, 0.25) is 14.2 Å². The number of hydrogen-bond donors (Lipinski definition) is 1. The first-order valence-electron chi connectivity index (χ1n) is 12.7. The molecule has 0 spiro atoms. The highest BCUT2D eigenvalue weighted by atomic mass is 28.4. The zero-order valence-electron chi connectivity index (χ0n) is 22.7. The first-order valence-corrected chi connectivity index (χ1v) is 14.8. The van der Waals surface area contributed by atoms with Crippen molar-refractivity contribution < 1.29 is 23.5 Å². The third-order valence-electron chi connectivity index (χ3n) is 7.08. The fraction of sp³-hybridized carbons (Fsp3) is 0.760. The van der Waals surface area contributed by atoms with Gasteiger partial charge < -0.3 is 19.2 Å². The van der Waals surface area contributed by atoms with Crippen LogP contribution in [-0.2, 0) is 23.5 Å². The van der Waals surface area contributed by atoms with E-state index < -0.39 is 44.5 Å². The van der Waals surface area contributed by atoms with Gasteiger partial charge in [0.1, 0.15) is 6.10 Å². The number of ether oxygens (including phenoxy) is 2. The minimum absolute atomic E-state index is 0.0403. The Balaban J connectivity index is 2.53. The van der Waals surface area contributed by atoms with E-state index in [1.54, 1.807) is 19.2 Å². The summed E-state index contributed by atoms with van der Waals surface area (Å²) in [6.07, 6.45) is -0.394. The summed E-state index contributed by atoms with van der Waals surface area (Å²) in [4.78, 5) is 41.3. The van der Waals surface area contributed by atoms with Crippen LogP contribution in [0.2, 0.25) is 16.6 Å². The molecule has 35 heavy (non-hydrogen) atoms. The van der Waals surface area contributed by atoms with Crippen LogP contribution < -0.4 is 11.0 Å². The van der Waals surface area contributed by atoms with Gasteiger partial charge in [-0.3, -0.25) is 14.2 Å². The predicted octanol–water partition coefficient (Wildman–Crippen LogP) is 3.86. The monoisotopic (exact) mass is 509 g/mol. The maximum atomic E-state index is 12.8. The van der Waals surface area contributed by atoms with Crippen LogP contribution in [0.25, 0.3) is 0 Å². The highest BCUT2D eigenvalue weighted by Gasteiger charge is 2.55. The van der Waals surface area contributed by atoms with Crippen molar-refractivity contribution in [3.05, 3.63) is 28.4 Å². The van der Waals surface area contributed by atoms with Crippen molar-refractivity contribution >= 4 is 20.2 Å². The van der Waals surface area contributed by atoms with E-state index in [4.69, 9.17) is 13.9 Å². The number of carbonyl (C=O) groups excluding carboxylic acids is 2. The molecular formula is C25H43N3O6Si. The van der Waals surface area contributed by atoms with Gasteiger partial charge in [-0.15, -0.1) is 0 Å². The standard InChI is InChI=1S/C25H43N3O6Si/c1-10-19-22(33-21(30)12-11-20(29)26-9)23(34-35(15(2)3,16(4)5)17(6)7)24(32-19)28-14-13-18(8)27-25(28)31/h13-17,19,22-24H,10-12H2,1-9H3,(H,26,29)/t19-,22+,23?,24-/m1/s1. The molecule has 0 aliphatic carbocycles. The van der Waals surface area contributed by atoms with Gasteiger partial charge >= 0.3 is 11.7 Å². The Kier molecular flexibility index (Phi) is 10.2. The van der Waals surface area contributed by atoms with Gasteiger partial charge in [-0.25, -0.2) is 4.79 Å². The van der Waals surface area contributed by atoms with Crippen molar-refractivity contribution in [2.24, 2.45) is 0 Å². The second-order valence-corrected chi connectivity index (χ2v) is 15.7. The maximum Gasteiger partial charge on any atom is 0.349 e. The Morgan fingerprint density at radius 2 is 1.71 bits per heavy atom. The Morgan fingerprint density at radius 1 is 1.11 bits per heavy atom. The molecule has 9 nitrogen and oxygen atoms in total. The molecule has 1 aliphatic rings. The highest BCUT2D eigenvalue weighted by molar-refractivity contribution is 6.77. The molecule has 0 saturated carbocycles. The topological polar surface area (TPSA) is 109 Å². The summed E-state index contributed by atoms with van der Waals surface area (Å²) in [6.45, 7) is 16.8. The first-order chi connectivity index (χ1) is 16.4. The van der Waals surface area contributed by atoms with Crippen LogP contribution in [0.4, 0.5) is 0 Å². The minimum atomic E-state index is -2.44. The molecule has 1 aromatic rings. The summed E-state index contributed by atoms with van der Waals surface area (Å²) in [6, 6.07) is 1.75. The molecule has 1 fully saturated rings. The average molecular weight is 510 g/mol. The molecule has 1 unspecified atom stereocenters. The summed E-state index contributed by atoms with van der Waals surface area (Å²) in [5.74, 6) is -0.722. The van der Waals surface area contributed by atoms with Crippen molar-refractivity contribution in [2.45, 2.75) is 116 Å². The SMILES string of the molecule is CC[C@H]1O[C@@H](n2ccc(C)nc2=O)C(O[Si](C(C)C)(C(C)C)C(C)C)[C@H]1OC(=O)CCC(=O)NC. The van der Waals surface area contributed by atoms with E-state index in [0.717, 1.165) is 0 Å². The van der Waals surface area contributed by atoms with Crippen molar-refractivity contribution in [1.82, 2.24) is 14.9 Å². The van der Waals surface area contributed by atoms with Crippen molar-refractivity contribution in [3.8, 4) is 0 Å². The molecule has 0 aromatic carbocycles. The number of nitrogens with zero attached hydrogens (tertiary/aromatic N) is 2. The van der Waals surface area contributed by atoms with Crippen LogP contribution in [0.3, 0.4) is 0 Å². The van der Waals surface area contributed by atoms with Gasteiger partial charge in [0.25, 0.3) is 0 Å². The van der Waals surface area contributed by atoms with E-state index in [1.807, 2.05) is 6.92 Å². The first kappa shape index (κ1) is 29.2. The molecule has 0 radical (unpaired) electrons. The smallest absolute Gasteiger partial charge is 0.349 e. The van der Waals surface area contributed by atoms with E-state index >= 15 is 0 Å². The van der Waals surface area contributed by atoms with Crippen LogP contribution >= 0.6 is 0 Å². The van der Waals surface area contributed by atoms with E-state index in [1.165, 1.54) is 11.6 Å². The average Bonchev–Trinajstić information content (AvgIpc) is 3.11. The molecule has 1 N–H and O–H groups in total. The largest absolute Gasteiger partial charge is 0.457 e. The van der Waals surface area contributed by atoms with E-state index in [2.05, 4.69) is 51.8 Å². The van der Waals surface area contributed by atoms with Gasteiger partial charge in [-0.05, 0) is 36.0 Å². The molecule has 1 aliphatic heterocycles. The molecule has 10 heteroatoms. The lowest BCUT2D eigenvalue weighted by Gasteiger charge is -2.45. The predicted molar refractivity (Wildman–Crippen MR) is 137 cm³/mol. The quantitative estimate of drug-likeness (QED) is 0.356. The fourth-order valence-corrected chi connectivity index (χ4v) is 11.0. The lowest BCUT2D eigenvalue weighted by molar-refractivity contribution is -0.156. The molecule has 1 aromatic heterocycles. The Hall–Kier alpha value is -2.04. The van der Waals surface area contributed by atoms with Gasteiger partial charge in [0.05, 0.1) is 12.5 Å². The number of esters is 1. The van der Waals surface area contributed by atoms with E-state index in [9.17, 15) is 14.4 Å². The fourth-order valence-electron chi connectivity index (χ4n) is 5.42. The summed E-state index contributed by atoms with van der Waals surface area (Å²) >= 11 is 0. The zero-order chi connectivity index (χ0) is 26.5. The van der Waals surface area contributed by atoms with Gasteiger partial charge in [0.15, 0.2) is 12.3 Å². The summed E-state index contributed by atoms with van der Waals surface area (Å²) < 4.78 is 20.8. The van der Waals surface area contributed by atoms with Gasteiger partial charge in [-0.1, -0.05) is 48.5 Å². The molecular weight excluding hydrogens is 466 g/mol.